The Morgan fingerprint density at radius 3 is 3.07 bits per heavy atom. The second-order valence-corrected chi connectivity index (χ2v) is 3.24. The van der Waals surface area contributed by atoms with Crippen LogP contribution in [0.15, 0.2) is 28.2 Å². The molecule has 2 aromatic rings. The first-order valence-corrected chi connectivity index (χ1v) is 5.05. The zero-order valence-electron chi connectivity index (χ0n) is 7.34. The van der Waals surface area contributed by atoms with Crippen LogP contribution in [0.3, 0.4) is 0 Å². The molecule has 2 rings (SSSR count). The Morgan fingerprint density at radius 1 is 1.57 bits per heavy atom. The lowest BCUT2D eigenvalue weighted by molar-refractivity contribution is 0.760. The Kier molecular flexibility index (Phi) is 2.32. The maximum atomic E-state index is 11.2. The molecule has 0 saturated heterocycles. The van der Waals surface area contributed by atoms with Crippen LogP contribution in [0.4, 0.5) is 0 Å². The average Bonchev–Trinajstić information content (AvgIpc) is 2.64. The molecule has 0 radical (unpaired) electrons. The molecular formula is C7H7N5OS. The van der Waals surface area contributed by atoms with Crippen LogP contribution in [0.25, 0.3) is 5.69 Å². The van der Waals surface area contributed by atoms with Crippen molar-refractivity contribution in [2.24, 2.45) is 0 Å². The smallest absolute Gasteiger partial charge is 0.248 e. The minimum atomic E-state index is -0.367. The van der Waals surface area contributed by atoms with E-state index < -0.39 is 0 Å². The fourth-order valence-electron chi connectivity index (χ4n) is 1.06. The maximum Gasteiger partial charge on any atom is 0.365 e. The Balaban J connectivity index is 2.62. The Hall–Kier alpha value is -1.63. The monoisotopic (exact) mass is 209 g/mol. The second kappa shape index (κ2) is 3.62. The zero-order valence-corrected chi connectivity index (χ0v) is 8.15. The van der Waals surface area contributed by atoms with E-state index in [-0.39, 0.29) is 5.69 Å². The number of hydrogen-bond donors (Lipinski definition) is 1. The Morgan fingerprint density at radius 2 is 2.43 bits per heavy atom. The Labute approximate surface area is 83.3 Å². The summed E-state index contributed by atoms with van der Waals surface area (Å²) >= 11 is 1.45. The van der Waals surface area contributed by atoms with Crippen molar-refractivity contribution in [2.75, 3.05) is 6.26 Å². The quantitative estimate of drug-likeness (QED) is 0.708. The molecule has 7 heteroatoms. The lowest BCUT2D eigenvalue weighted by Crippen LogP contribution is -2.16. The number of aromatic amines is 1. The summed E-state index contributed by atoms with van der Waals surface area (Å²) in [5.74, 6) is 0. The van der Waals surface area contributed by atoms with Gasteiger partial charge in [-0.2, -0.15) is 4.68 Å². The van der Waals surface area contributed by atoms with Crippen molar-refractivity contribution in [3.8, 4) is 5.69 Å². The Bertz CT molecular complexity index is 491. The van der Waals surface area contributed by atoms with Crippen molar-refractivity contribution in [1.82, 2.24) is 25.2 Å². The molecule has 0 spiro atoms. The topological polar surface area (TPSA) is 76.5 Å². The zero-order chi connectivity index (χ0) is 9.97. The number of nitrogens with one attached hydrogen (secondary N) is 1. The van der Waals surface area contributed by atoms with Gasteiger partial charge in [0.1, 0.15) is 10.7 Å². The number of rotatable bonds is 2. The van der Waals surface area contributed by atoms with Gasteiger partial charge in [-0.15, -0.1) is 11.8 Å². The van der Waals surface area contributed by atoms with Crippen LogP contribution in [0, 0.1) is 0 Å². The van der Waals surface area contributed by atoms with Crippen molar-refractivity contribution < 1.29 is 0 Å². The van der Waals surface area contributed by atoms with Gasteiger partial charge in [-0.3, -0.25) is 0 Å². The minimum absolute atomic E-state index is 0.367. The number of thioether (sulfide) groups is 1. The molecule has 72 valence electrons. The molecule has 0 aliphatic heterocycles. The van der Waals surface area contributed by atoms with Gasteiger partial charge in [0, 0.05) is 6.20 Å². The van der Waals surface area contributed by atoms with Gasteiger partial charge in [-0.25, -0.2) is 14.9 Å². The van der Waals surface area contributed by atoms with Crippen molar-refractivity contribution in [3.05, 3.63) is 28.8 Å². The molecule has 0 unspecified atom stereocenters. The van der Waals surface area contributed by atoms with Crippen LogP contribution < -0.4 is 5.69 Å². The van der Waals surface area contributed by atoms with E-state index in [9.17, 15) is 4.79 Å². The van der Waals surface area contributed by atoms with Gasteiger partial charge < -0.3 is 0 Å². The molecule has 2 heterocycles. The lowest BCUT2D eigenvalue weighted by atomic mass is 10.4. The highest BCUT2D eigenvalue weighted by Gasteiger charge is 2.07. The first-order chi connectivity index (χ1) is 6.83. The van der Waals surface area contributed by atoms with E-state index in [1.807, 2.05) is 6.26 Å². The number of nitrogens with zero attached hydrogens (tertiary/aromatic N) is 4. The van der Waals surface area contributed by atoms with E-state index in [2.05, 4.69) is 20.5 Å². The summed E-state index contributed by atoms with van der Waals surface area (Å²) in [6.45, 7) is 0. The molecule has 1 N–H and O–H groups in total. The molecule has 0 amide bonds. The SMILES string of the molecule is CSc1ncccc1-n1nn[nH]c1=O. The fourth-order valence-corrected chi connectivity index (χ4v) is 1.59. The second-order valence-electron chi connectivity index (χ2n) is 2.45. The molecule has 0 fully saturated rings. The molecule has 0 bridgehead atoms. The predicted octanol–water partition coefficient (Wildman–Crippen LogP) is 0.0725. The fraction of sp³-hybridized carbons (Fsp3) is 0.143. The molecule has 0 aliphatic carbocycles. The molecule has 14 heavy (non-hydrogen) atoms. The van der Waals surface area contributed by atoms with Crippen LogP contribution in [-0.4, -0.2) is 31.4 Å². The minimum Gasteiger partial charge on any atom is -0.248 e. The van der Waals surface area contributed by atoms with E-state index in [1.54, 1.807) is 18.3 Å². The first kappa shape index (κ1) is 8.95. The van der Waals surface area contributed by atoms with Gasteiger partial charge in [0.2, 0.25) is 0 Å². The summed E-state index contributed by atoms with van der Waals surface area (Å²) in [6, 6.07) is 3.51. The van der Waals surface area contributed by atoms with Gasteiger partial charge in [0.05, 0.1) is 0 Å². The van der Waals surface area contributed by atoms with Crippen LogP contribution in [0.1, 0.15) is 0 Å². The molecule has 0 aromatic carbocycles. The van der Waals surface area contributed by atoms with E-state index in [1.165, 1.54) is 16.4 Å². The van der Waals surface area contributed by atoms with Gasteiger partial charge in [-0.05, 0) is 28.8 Å². The molecule has 6 nitrogen and oxygen atoms in total. The van der Waals surface area contributed by atoms with Crippen molar-refractivity contribution in [3.63, 3.8) is 0 Å². The number of hydrogen-bond acceptors (Lipinski definition) is 5. The summed E-state index contributed by atoms with van der Waals surface area (Å²) in [6.07, 6.45) is 3.55. The third-order valence-corrected chi connectivity index (χ3v) is 2.35. The van der Waals surface area contributed by atoms with E-state index in [0.717, 1.165) is 5.03 Å². The van der Waals surface area contributed by atoms with Crippen molar-refractivity contribution in [1.29, 1.82) is 0 Å². The van der Waals surface area contributed by atoms with Crippen molar-refractivity contribution in [2.45, 2.75) is 5.03 Å². The van der Waals surface area contributed by atoms with Gasteiger partial charge in [-0.1, -0.05) is 0 Å². The standard InChI is InChI=1S/C7H7N5OS/c1-14-6-5(3-2-4-8-6)12-7(13)9-10-11-12/h2-4H,1H3,(H,9,11,13). The van der Waals surface area contributed by atoms with E-state index in [4.69, 9.17) is 0 Å². The average molecular weight is 209 g/mol. The van der Waals surface area contributed by atoms with Gasteiger partial charge >= 0.3 is 5.69 Å². The number of aromatic nitrogens is 5. The summed E-state index contributed by atoms with van der Waals surface area (Å²) in [4.78, 5) is 15.3. The predicted molar refractivity (Wildman–Crippen MR) is 51.6 cm³/mol. The number of H-pyrrole nitrogens is 1. The lowest BCUT2D eigenvalue weighted by Gasteiger charge is -2.02. The highest BCUT2D eigenvalue weighted by atomic mass is 32.2. The summed E-state index contributed by atoms with van der Waals surface area (Å²) in [5, 5.41) is 10.0. The van der Waals surface area contributed by atoms with E-state index >= 15 is 0 Å². The first-order valence-electron chi connectivity index (χ1n) is 3.82. The summed E-state index contributed by atoms with van der Waals surface area (Å²) in [7, 11) is 0. The highest BCUT2D eigenvalue weighted by Crippen LogP contribution is 2.18. The number of tetrazole rings is 1. The van der Waals surface area contributed by atoms with E-state index in [0.29, 0.717) is 5.69 Å². The molecule has 2 aromatic heterocycles. The molecule has 0 atom stereocenters. The summed E-state index contributed by atoms with van der Waals surface area (Å²) in [5.41, 5.74) is 0.270. The van der Waals surface area contributed by atoms with Crippen LogP contribution >= 0.6 is 11.8 Å². The normalized spacial score (nSPS) is 10.4. The van der Waals surface area contributed by atoms with Gasteiger partial charge in [0.25, 0.3) is 0 Å². The van der Waals surface area contributed by atoms with Crippen LogP contribution in [0.5, 0.6) is 0 Å². The van der Waals surface area contributed by atoms with Crippen LogP contribution in [0.2, 0.25) is 0 Å². The molecule has 0 aliphatic rings. The molecule has 0 saturated carbocycles. The third kappa shape index (κ3) is 1.41. The highest BCUT2D eigenvalue weighted by molar-refractivity contribution is 7.98. The molecular weight excluding hydrogens is 202 g/mol. The maximum absolute atomic E-state index is 11.2. The van der Waals surface area contributed by atoms with Crippen molar-refractivity contribution >= 4 is 11.8 Å². The third-order valence-electron chi connectivity index (χ3n) is 1.64. The van der Waals surface area contributed by atoms with Gasteiger partial charge in [0.15, 0.2) is 0 Å². The largest absolute Gasteiger partial charge is 0.365 e. The van der Waals surface area contributed by atoms with Crippen LogP contribution in [-0.2, 0) is 0 Å². The number of pyridine rings is 1. The summed E-state index contributed by atoms with van der Waals surface area (Å²) < 4.78 is 1.18.